The molecular formula is C15H23NO. The van der Waals surface area contributed by atoms with Gasteiger partial charge in [0, 0.05) is 5.54 Å². The molecule has 1 aromatic rings. The normalized spacial score (nSPS) is 27.9. The summed E-state index contributed by atoms with van der Waals surface area (Å²) < 4.78 is 0. The number of aromatic hydroxyl groups is 1. The zero-order chi connectivity index (χ0) is 12.5. The second-order valence-electron chi connectivity index (χ2n) is 6.40. The summed E-state index contributed by atoms with van der Waals surface area (Å²) in [6, 6.07) is 7.48. The third kappa shape index (κ3) is 3.22. The Kier molecular flexibility index (Phi) is 3.17. The number of phenolic OH excluding ortho intramolecular Hbond substituents is 1. The fraction of sp³-hybridized carbons (Fsp3) is 0.600. The summed E-state index contributed by atoms with van der Waals surface area (Å²) in [6.07, 6.45) is 5.50. The highest BCUT2D eigenvalue weighted by molar-refractivity contribution is 5.28. The summed E-state index contributed by atoms with van der Waals surface area (Å²) >= 11 is 0. The smallest absolute Gasteiger partial charge is 0.115 e. The maximum absolute atomic E-state index is 9.49. The molecule has 94 valence electrons. The first-order valence-electron chi connectivity index (χ1n) is 6.45. The van der Waals surface area contributed by atoms with Crippen LogP contribution in [0.2, 0.25) is 0 Å². The predicted octanol–water partition coefficient (Wildman–Crippen LogP) is 3.23. The minimum atomic E-state index is -0.102. The van der Waals surface area contributed by atoms with E-state index in [-0.39, 0.29) is 5.54 Å². The Bertz CT molecular complexity index is 400. The lowest BCUT2D eigenvalue weighted by atomic mass is 9.66. The molecule has 0 amide bonds. The number of hydrogen-bond acceptors (Lipinski definition) is 2. The molecule has 2 rings (SSSR count). The van der Waals surface area contributed by atoms with E-state index in [1.54, 1.807) is 6.07 Å². The number of nitrogens with two attached hydrogens (primary N) is 1. The van der Waals surface area contributed by atoms with Crippen LogP contribution >= 0.6 is 0 Å². The number of rotatable bonds is 2. The van der Waals surface area contributed by atoms with Crippen LogP contribution < -0.4 is 5.73 Å². The molecule has 1 aliphatic carbocycles. The van der Waals surface area contributed by atoms with Crippen LogP contribution in [-0.2, 0) is 6.42 Å². The lowest BCUT2D eigenvalue weighted by Gasteiger charge is -2.42. The molecule has 0 aromatic heterocycles. The van der Waals surface area contributed by atoms with Crippen LogP contribution in [0.5, 0.6) is 5.75 Å². The zero-order valence-corrected chi connectivity index (χ0v) is 10.9. The van der Waals surface area contributed by atoms with Crippen LogP contribution in [0, 0.1) is 5.41 Å². The largest absolute Gasteiger partial charge is 0.508 e. The first-order valence-corrected chi connectivity index (χ1v) is 6.45. The van der Waals surface area contributed by atoms with Gasteiger partial charge in [0.2, 0.25) is 0 Å². The van der Waals surface area contributed by atoms with Gasteiger partial charge in [0.25, 0.3) is 0 Å². The third-order valence-electron chi connectivity index (χ3n) is 3.83. The fourth-order valence-electron chi connectivity index (χ4n) is 3.27. The number of benzene rings is 1. The van der Waals surface area contributed by atoms with Gasteiger partial charge in [-0.25, -0.2) is 0 Å². The van der Waals surface area contributed by atoms with Crippen molar-refractivity contribution >= 4 is 0 Å². The average Bonchev–Trinajstić information content (AvgIpc) is 2.14. The molecule has 1 aliphatic rings. The van der Waals surface area contributed by atoms with Crippen LogP contribution in [0.4, 0.5) is 0 Å². The summed E-state index contributed by atoms with van der Waals surface area (Å²) in [5.41, 5.74) is 7.93. The van der Waals surface area contributed by atoms with Gasteiger partial charge in [-0.2, -0.15) is 0 Å². The minimum absolute atomic E-state index is 0.102. The maximum atomic E-state index is 9.49. The average molecular weight is 233 g/mol. The van der Waals surface area contributed by atoms with Crippen molar-refractivity contribution in [1.29, 1.82) is 0 Å². The summed E-state index contributed by atoms with van der Waals surface area (Å²) in [5.74, 6) is 0.334. The van der Waals surface area contributed by atoms with Gasteiger partial charge in [-0.15, -0.1) is 0 Å². The van der Waals surface area contributed by atoms with E-state index < -0.39 is 0 Å². The lowest BCUT2D eigenvalue weighted by Crippen LogP contribution is -2.48. The zero-order valence-electron chi connectivity index (χ0n) is 10.9. The Morgan fingerprint density at radius 2 is 2.06 bits per heavy atom. The quantitative estimate of drug-likeness (QED) is 0.823. The van der Waals surface area contributed by atoms with Crippen molar-refractivity contribution in [2.75, 3.05) is 0 Å². The molecule has 0 saturated heterocycles. The first kappa shape index (κ1) is 12.4. The van der Waals surface area contributed by atoms with E-state index in [9.17, 15) is 5.11 Å². The molecule has 3 N–H and O–H groups in total. The van der Waals surface area contributed by atoms with Gasteiger partial charge in [-0.05, 0) is 48.8 Å². The molecule has 1 unspecified atom stereocenters. The summed E-state index contributed by atoms with van der Waals surface area (Å²) in [6.45, 7) is 4.60. The third-order valence-corrected chi connectivity index (χ3v) is 3.83. The van der Waals surface area contributed by atoms with E-state index in [1.165, 1.54) is 12.8 Å². The first-order chi connectivity index (χ1) is 7.89. The predicted molar refractivity (Wildman–Crippen MR) is 71.0 cm³/mol. The molecule has 0 radical (unpaired) electrons. The molecule has 1 fully saturated rings. The van der Waals surface area contributed by atoms with Crippen LogP contribution in [0.15, 0.2) is 24.3 Å². The van der Waals surface area contributed by atoms with Gasteiger partial charge >= 0.3 is 0 Å². The summed E-state index contributed by atoms with van der Waals surface area (Å²) in [5, 5.41) is 9.49. The van der Waals surface area contributed by atoms with E-state index in [0.717, 1.165) is 24.8 Å². The van der Waals surface area contributed by atoms with Crippen molar-refractivity contribution in [3.05, 3.63) is 29.8 Å². The Morgan fingerprint density at radius 1 is 1.29 bits per heavy atom. The molecule has 2 heteroatoms. The van der Waals surface area contributed by atoms with Gasteiger partial charge in [0.05, 0.1) is 0 Å². The fourth-order valence-corrected chi connectivity index (χ4v) is 3.27. The Labute approximate surface area is 104 Å². The van der Waals surface area contributed by atoms with Gasteiger partial charge in [0.15, 0.2) is 0 Å². The van der Waals surface area contributed by atoms with Gasteiger partial charge in [-0.3, -0.25) is 0 Å². The van der Waals surface area contributed by atoms with Crippen LogP contribution in [0.25, 0.3) is 0 Å². The maximum Gasteiger partial charge on any atom is 0.115 e. The molecule has 1 aromatic carbocycles. The minimum Gasteiger partial charge on any atom is -0.508 e. The van der Waals surface area contributed by atoms with Crippen molar-refractivity contribution in [3.63, 3.8) is 0 Å². The second kappa shape index (κ2) is 4.34. The summed E-state index contributed by atoms with van der Waals surface area (Å²) in [4.78, 5) is 0. The molecule has 0 heterocycles. The number of hydrogen-bond donors (Lipinski definition) is 2. The van der Waals surface area contributed by atoms with E-state index in [0.29, 0.717) is 11.2 Å². The van der Waals surface area contributed by atoms with E-state index in [4.69, 9.17) is 5.73 Å². The van der Waals surface area contributed by atoms with E-state index in [1.807, 2.05) is 12.1 Å². The molecule has 2 nitrogen and oxygen atoms in total. The SMILES string of the molecule is CC1(C)CCCC(N)(Cc2cccc(O)c2)C1. The standard InChI is InChI=1S/C15H23NO/c1-14(2)7-4-8-15(16,11-14)10-12-5-3-6-13(17)9-12/h3,5-6,9,17H,4,7-8,10-11,16H2,1-2H3. The molecule has 0 aliphatic heterocycles. The monoisotopic (exact) mass is 233 g/mol. The van der Waals surface area contributed by atoms with E-state index in [2.05, 4.69) is 19.9 Å². The molecule has 17 heavy (non-hydrogen) atoms. The molecule has 0 bridgehead atoms. The Hall–Kier alpha value is -1.02. The number of phenols is 1. The van der Waals surface area contributed by atoms with E-state index >= 15 is 0 Å². The molecule has 1 atom stereocenters. The van der Waals surface area contributed by atoms with Crippen molar-refractivity contribution < 1.29 is 5.11 Å². The molecule has 0 spiro atoms. The highest BCUT2D eigenvalue weighted by Gasteiger charge is 2.36. The Balaban J connectivity index is 2.12. The van der Waals surface area contributed by atoms with Crippen LogP contribution in [0.1, 0.15) is 45.1 Å². The topological polar surface area (TPSA) is 46.2 Å². The van der Waals surface area contributed by atoms with Crippen LogP contribution in [0.3, 0.4) is 0 Å². The highest BCUT2D eigenvalue weighted by atomic mass is 16.3. The Morgan fingerprint density at radius 3 is 2.71 bits per heavy atom. The van der Waals surface area contributed by atoms with Gasteiger partial charge in [0.1, 0.15) is 5.75 Å². The lowest BCUT2D eigenvalue weighted by molar-refractivity contribution is 0.151. The van der Waals surface area contributed by atoms with Gasteiger partial charge in [-0.1, -0.05) is 32.4 Å². The molecular weight excluding hydrogens is 210 g/mol. The van der Waals surface area contributed by atoms with Crippen molar-refractivity contribution in [2.45, 2.75) is 51.5 Å². The summed E-state index contributed by atoms with van der Waals surface area (Å²) in [7, 11) is 0. The second-order valence-corrected chi connectivity index (χ2v) is 6.40. The highest BCUT2D eigenvalue weighted by Crippen LogP contribution is 2.41. The van der Waals surface area contributed by atoms with Crippen molar-refractivity contribution in [2.24, 2.45) is 11.1 Å². The molecule has 1 saturated carbocycles. The van der Waals surface area contributed by atoms with Crippen molar-refractivity contribution in [1.82, 2.24) is 0 Å². The van der Waals surface area contributed by atoms with Crippen molar-refractivity contribution in [3.8, 4) is 5.75 Å². The van der Waals surface area contributed by atoms with Gasteiger partial charge < -0.3 is 10.8 Å². The van der Waals surface area contributed by atoms with Crippen LogP contribution in [-0.4, -0.2) is 10.6 Å².